The number of nitrogens with zero attached hydrogens (tertiary/aromatic N) is 1. The van der Waals surface area contributed by atoms with Crippen LogP contribution in [0.2, 0.25) is 5.02 Å². The highest BCUT2D eigenvalue weighted by Crippen LogP contribution is 2.23. The van der Waals surface area contributed by atoms with Crippen molar-refractivity contribution in [3.05, 3.63) is 65.7 Å². The molecule has 0 atom stereocenters. The standard InChI is InChI=1S/C15H12ClN3O2S/c16-12-8-6-11(7-9-12)14-10-15(18-17-14)19-22(20,21)13-4-2-1-3-5-13/h1-10H,(H2,17,18,19). The summed E-state index contributed by atoms with van der Waals surface area (Å²) in [5.41, 5.74) is 1.56. The van der Waals surface area contributed by atoms with Crippen LogP contribution in [0.25, 0.3) is 11.3 Å². The lowest BCUT2D eigenvalue weighted by Crippen LogP contribution is -2.12. The van der Waals surface area contributed by atoms with E-state index in [1.54, 1.807) is 36.4 Å². The van der Waals surface area contributed by atoms with Gasteiger partial charge in [0.25, 0.3) is 10.0 Å². The maximum absolute atomic E-state index is 12.2. The summed E-state index contributed by atoms with van der Waals surface area (Å²) < 4.78 is 26.9. The molecule has 0 saturated heterocycles. The number of H-pyrrole nitrogens is 1. The van der Waals surface area contributed by atoms with Crippen molar-refractivity contribution in [2.24, 2.45) is 0 Å². The molecule has 3 aromatic rings. The Bertz CT molecular complexity index is 875. The maximum atomic E-state index is 12.2. The average Bonchev–Trinajstić information content (AvgIpc) is 2.97. The minimum atomic E-state index is -3.64. The van der Waals surface area contributed by atoms with Crippen LogP contribution in [0.1, 0.15) is 0 Å². The lowest BCUT2D eigenvalue weighted by molar-refractivity contribution is 0.601. The van der Waals surface area contributed by atoms with Crippen LogP contribution in [-0.4, -0.2) is 18.6 Å². The molecule has 22 heavy (non-hydrogen) atoms. The third-order valence-electron chi connectivity index (χ3n) is 3.03. The largest absolute Gasteiger partial charge is 0.276 e. The van der Waals surface area contributed by atoms with Gasteiger partial charge in [0.05, 0.1) is 10.6 Å². The van der Waals surface area contributed by atoms with Crippen molar-refractivity contribution in [3.8, 4) is 11.3 Å². The van der Waals surface area contributed by atoms with Gasteiger partial charge in [0.15, 0.2) is 5.82 Å². The van der Waals surface area contributed by atoms with Gasteiger partial charge >= 0.3 is 0 Å². The highest BCUT2D eigenvalue weighted by atomic mass is 35.5. The first-order valence-corrected chi connectivity index (χ1v) is 8.30. The molecule has 0 amide bonds. The number of nitrogens with one attached hydrogen (secondary N) is 2. The van der Waals surface area contributed by atoms with Crippen molar-refractivity contribution in [2.75, 3.05) is 4.72 Å². The number of hydrogen-bond acceptors (Lipinski definition) is 3. The number of anilines is 1. The number of aromatic amines is 1. The zero-order chi connectivity index (χ0) is 15.6. The average molecular weight is 334 g/mol. The number of benzene rings is 2. The normalized spacial score (nSPS) is 11.3. The number of sulfonamides is 1. The van der Waals surface area contributed by atoms with Crippen molar-refractivity contribution >= 4 is 27.4 Å². The second-order valence-corrected chi connectivity index (χ2v) is 6.71. The van der Waals surface area contributed by atoms with E-state index in [2.05, 4.69) is 14.9 Å². The van der Waals surface area contributed by atoms with Crippen LogP contribution in [-0.2, 0) is 10.0 Å². The van der Waals surface area contributed by atoms with Gasteiger partial charge in [0.1, 0.15) is 0 Å². The first-order valence-electron chi connectivity index (χ1n) is 6.44. The van der Waals surface area contributed by atoms with Gasteiger partial charge in [-0.05, 0) is 29.8 Å². The molecule has 1 heterocycles. The van der Waals surface area contributed by atoms with Gasteiger partial charge in [-0.2, -0.15) is 5.10 Å². The molecule has 5 nitrogen and oxygen atoms in total. The van der Waals surface area contributed by atoms with Gasteiger partial charge < -0.3 is 0 Å². The molecule has 7 heteroatoms. The molecule has 0 radical (unpaired) electrons. The Morgan fingerprint density at radius 2 is 1.68 bits per heavy atom. The number of aromatic nitrogens is 2. The third kappa shape index (κ3) is 3.13. The van der Waals surface area contributed by atoms with Gasteiger partial charge in [-0.3, -0.25) is 9.82 Å². The fourth-order valence-electron chi connectivity index (χ4n) is 1.95. The molecule has 2 aromatic carbocycles. The summed E-state index contributed by atoms with van der Waals surface area (Å²) >= 11 is 5.84. The number of hydrogen-bond donors (Lipinski definition) is 2. The van der Waals surface area contributed by atoms with Crippen molar-refractivity contribution in [1.82, 2.24) is 10.2 Å². The predicted molar refractivity (Wildman–Crippen MR) is 86.3 cm³/mol. The summed E-state index contributed by atoms with van der Waals surface area (Å²) in [6.45, 7) is 0. The van der Waals surface area contributed by atoms with E-state index in [0.29, 0.717) is 10.7 Å². The third-order valence-corrected chi connectivity index (χ3v) is 4.65. The zero-order valence-electron chi connectivity index (χ0n) is 11.3. The lowest BCUT2D eigenvalue weighted by atomic mass is 10.1. The van der Waals surface area contributed by atoms with Crippen LogP contribution in [0.5, 0.6) is 0 Å². The van der Waals surface area contributed by atoms with E-state index in [9.17, 15) is 8.42 Å². The second-order valence-electron chi connectivity index (χ2n) is 4.59. The smallest absolute Gasteiger partial charge is 0.263 e. The highest BCUT2D eigenvalue weighted by molar-refractivity contribution is 7.92. The SMILES string of the molecule is O=S(=O)(Nc1cc(-c2ccc(Cl)cc2)[nH]n1)c1ccccc1. The molecular weight excluding hydrogens is 322 g/mol. The molecule has 2 N–H and O–H groups in total. The number of halogens is 1. The molecule has 3 rings (SSSR count). The zero-order valence-corrected chi connectivity index (χ0v) is 12.9. The topological polar surface area (TPSA) is 74.8 Å². The van der Waals surface area contributed by atoms with Crippen LogP contribution in [0, 0.1) is 0 Å². The summed E-state index contributed by atoms with van der Waals surface area (Å²) in [7, 11) is -3.64. The molecule has 0 fully saturated rings. The van der Waals surface area contributed by atoms with E-state index in [1.807, 2.05) is 12.1 Å². The Labute approximate surface area is 133 Å². The molecule has 0 aliphatic heterocycles. The van der Waals surface area contributed by atoms with Gasteiger partial charge in [-0.25, -0.2) is 8.42 Å². The Kier molecular flexibility index (Phi) is 3.87. The first kappa shape index (κ1) is 14.6. The summed E-state index contributed by atoms with van der Waals surface area (Å²) in [6, 6.07) is 16.9. The van der Waals surface area contributed by atoms with Crippen molar-refractivity contribution in [2.45, 2.75) is 4.90 Å². The summed E-state index contributed by atoms with van der Waals surface area (Å²) in [4.78, 5) is 0.186. The molecule has 0 aliphatic rings. The quantitative estimate of drug-likeness (QED) is 0.767. The highest BCUT2D eigenvalue weighted by Gasteiger charge is 2.15. The minimum absolute atomic E-state index is 0.186. The minimum Gasteiger partial charge on any atom is -0.276 e. The van der Waals surface area contributed by atoms with Crippen LogP contribution < -0.4 is 4.72 Å². The van der Waals surface area contributed by atoms with E-state index in [4.69, 9.17) is 11.6 Å². The number of rotatable bonds is 4. The van der Waals surface area contributed by atoms with Crippen LogP contribution in [0.3, 0.4) is 0 Å². The van der Waals surface area contributed by atoms with Crippen LogP contribution in [0.4, 0.5) is 5.82 Å². The molecule has 0 aliphatic carbocycles. The summed E-state index contributed by atoms with van der Waals surface area (Å²) in [6.07, 6.45) is 0. The Hall–Kier alpha value is -2.31. The summed E-state index contributed by atoms with van der Waals surface area (Å²) in [5.74, 6) is 0.230. The van der Waals surface area contributed by atoms with E-state index in [1.165, 1.54) is 12.1 Å². The predicted octanol–water partition coefficient (Wildman–Crippen LogP) is 3.53. The molecule has 0 bridgehead atoms. The molecule has 0 saturated carbocycles. The Balaban J connectivity index is 1.84. The van der Waals surface area contributed by atoms with E-state index in [-0.39, 0.29) is 10.7 Å². The second kappa shape index (κ2) is 5.82. The van der Waals surface area contributed by atoms with Gasteiger partial charge in [-0.15, -0.1) is 0 Å². The van der Waals surface area contributed by atoms with Crippen LogP contribution in [0.15, 0.2) is 65.6 Å². The monoisotopic (exact) mass is 333 g/mol. The molecule has 0 spiro atoms. The molecule has 0 unspecified atom stereocenters. The van der Waals surface area contributed by atoms with E-state index < -0.39 is 10.0 Å². The van der Waals surface area contributed by atoms with Gasteiger partial charge in [0.2, 0.25) is 0 Å². The first-order chi connectivity index (χ1) is 10.5. The fraction of sp³-hybridized carbons (Fsp3) is 0. The Morgan fingerprint density at radius 1 is 1.00 bits per heavy atom. The molecule has 1 aromatic heterocycles. The fourth-order valence-corrected chi connectivity index (χ4v) is 3.09. The van der Waals surface area contributed by atoms with Crippen molar-refractivity contribution in [1.29, 1.82) is 0 Å². The van der Waals surface area contributed by atoms with Crippen molar-refractivity contribution < 1.29 is 8.42 Å². The molecule has 112 valence electrons. The van der Waals surface area contributed by atoms with Crippen LogP contribution >= 0.6 is 11.6 Å². The van der Waals surface area contributed by atoms with Crippen molar-refractivity contribution in [3.63, 3.8) is 0 Å². The Morgan fingerprint density at radius 3 is 2.36 bits per heavy atom. The summed E-state index contributed by atoms with van der Waals surface area (Å²) in [5, 5.41) is 7.41. The van der Waals surface area contributed by atoms with E-state index in [0.717, 1.165) is 5.56 Å². The van der Waals surface area contributed by atoms with Gasteiger partial charge in [0, 0.05) is 11.1 Å². The maximum Gasteiger partial charge on any atom is 0.263 e. The lowest BCUT2D eigenvalue weighted by Gasteiger charge is -2.04. The molecular formula is C15H12ClN3O2S. The van der Waals surface area contributed by atoms with E-state index >= 15 is 0 Å². The van der Waals surface area contributed by atoms with Gasteiger partial charge in [-0.1, -0.05) is 41.9 Å².